The molecule has 2 N–H and O–H groups in total. The van der Waals surface area contributed by atoms with E-state index in [0.29, 0.717) is 17.8 Å². The molecule has 116 valence electrons. The van der Waals surface area contributed by atoms with Crippen molar-refractivity contribution in [1.82, 2.24) is 0 Å². The van der Waals surface area contributed by atoms with Crippen molar-refractivity contribution < 1.29 is 18.0 Å². The third-order valence-corrected chi connectivity index (χ3v) is 2.96. The number of amides is 1. The van der Waals surface area contributed by atoms with Gasteiger partial charge in [-0.05, 0) is 42.8 Å². The first-order valence-corrected chi connectivity index (χ1v) is 6.81. The summed E-state index contributed by atoms with van der Waals surface area (Å²) in [6.07, 6.45) is 1.18. The van der Waals surface area contributed by atoms with Crippen LogP contribution in [-0.2, 0) is 4.79 Å². The number of hydrogen-bond donors (Lipinski definition) is 2. The van der Waals surface area contributed by atoms with E-state index in [2.05, 4.69) is 10.6 Å². The van der Waals surface area contributed by atoms with Crippen LogP contribution >= 0.6 is 0 Å². The van der Waals surface area contributed by atoms with E-state index >= 15 is 0 Å². The van der Waals surface area contributed by atoms with Gasteiger partial charge < -0.3 is 10.6 Å². The van der Waals surface area contributed by atoms with Gasteiger partial charge in [0.2, 0.25) is 5.91 Å². The molecule has 6 heteroatoms. The van der Waals surface area contributed by atoms with Gasteiger partial charge in [-0.1, -0.05) is 6.92 Å². The van der Waals surface area contributed by atoms with Gasteiger partial charge >= 0.3 is 0 Å². The second-order valence-corrected chi connectivity index (χ2v) is 4.72. The summed E-state index contributed by atoms with van der Waals surface area (Å²) in [5.74, 6) is -4.12. The van der Waals surface area contributed by atoms with Gasteiger partial charge in [-0.3, -0.25) is 4.79 Å². The molecular formula is C16H15F3N2O. The third-order valence-electron chi connectivity index (χ3n) is 2.96. The highest BCUT2D eigenvalue weighted by Gasteiger charge is 2.13. The Morgan fingerprint density at radius 3 is 2.23 bits per heavy atom. The summed E-state index contributed by atoms with van der Waals surface area (Å²) in [6, 6.07) is 8.43. The highest BCUT2D eigenvalue weighted by atomic mass is 19.2. The zero-order chi connectivity index (χ0) is 16.1. The molecule has 0 saturated heterocycles. The summed E-state index contributed by atoms with van der Waals surface area (Å²) in [4.78, 5) is 11.4. The van der Waals surface area contributed by atoms with Gasteiger partial charge in [-0.2, -0.15) is 0 Å². The van der Waals surface area contributed by atoms with Gasteiger partial charge in [0.25, 0.3) is 0 Å². The van der Waals surface area contributed by atoms with E-state index in [1.54, 1.807) is 24.3 Å². The Kier molecular flexibility index (Phi) is 5.04. The zero-order valence-corrected chi connectivity index (χ0v) is 11.9. The highest BCUT2D eigenvalue weighted by molar-refractivity contribution is 5.90. The molecule has 0 aliphatic rings. The molecule has 0 unspecified atom stereocenters. The molecule has 0 fully saturated rings. The molecule has 0 heterocycles. The molecule has 0 aliphatic heterocycles. The number of anilines is 3. The average Bonchev–Trinajstić information content (AvgIpc) is 2.50. The SMILES string of the molecule is CCCC(=O)Nc1ccc(Nc2ccc(F)c(F)c2F)cc1. The monoisotopic (exact) mass is 308 g/mol. The Hall–Kier alpha value is -2.50. The Morgan fingerprint density at radius 1 is 0.955 bits per heavy atom. The van der Waals surface area contributed by atoms with E-state index in [1.807, 2.05) is 6.92 Å². The predicted octanol–water partition coefficient (Wildman–Crippen LogP) is 4.59. The topological polar surface area (TPSA) is 41.1 Å². The lowest BCUT2D eigenvalue weighted by Gasteiger charge is -2.10. The van der Waals surface area contributed by atoms with Crippen molar-refractivity contribution in [3.63, 3.8) is 0 Å². The van der Waals surface area contributed by atoms with Crippen LogP contribution in [0.1, 0.15) is 19.8 Å². The normalized spacial score (nSPS) is 10.4. The fourth-order valence-electron chi connectivity index (χ4n) is 1.87. The highest BCUT2D eigenvalue weighted by Crippen LogP contribution is 2.24. The molecule has 2 rings (SSSR count). The second-order valence-electron chi connectivity index (χ2n) is 4.72. The molecule has 0 spiro atoms. The minimum absolute atomic E-state index is 0.0881. The van der Waals surface area contributed by atoms with Crippen molar-refractivity contribution in [2.24, 2.45) is 0 Å². The van der Waals surface area contributed by atoms with E-state index in [-0.39, 0.29) is 11.6 Å². The van der Waals surface area contributed by atoms with Gasteiger partial charge in [-0.15, -0.1) is 0 Å². The zero-order valence-electron chi connectivity index (χ0n) is 11.9. The van der Waals surface area contributed by atoms with Crippen molar-refractivity contribution in [3.05, 3.63) is 53.8 Å². The number of nitrogens with one attached hydrogen (secondary N) is 2. The average molecular weight is 308 g/mol. The number of benzene rings is 2. The first-order chi connectivity index (χ1) is 10.5. The second kappa shape index (κ2) is 6.98. The van der Waals surface area contributed by atoms with Crippen LogP contribution in [0.2, 0.25) is 0 Å². The summed E-state index contributed by atoms with van der Waals surface area (Å²) in [6.45, 7) is 1.91. The molecule has 0 aliphatic carbocycles. The molecule has 0 aromatic heterocycles. The van der Waals surface area contributed by atoms with Crippen molar-refractivity contribution in [2.45, 2.75) is 19.8 Å². The quantitative estimate of drug-likeness (QED) is 0.793. The Morgan fingerprint density at radius 2 is 1.59 bits per heavy atom. The smallest absolute Gasteiger partial charge is 0.224 e. The van der Waals surface area contributed by atoms with Crippen molar-refractivity contribution in [1.29, 1.82) is 0 Å². The third kappa shape index (κ3) is 3.78. The van der Waals surface area contributed by atoms with Crippen molar-refractivity contribution in [2.75, 3.05) is 10.6 Å². The fraction of sp³-hybridized carbons (Fsp3) is 0.188. The summed E-state index contributed by atoms with van der Waals surface area (Å²) < 4.78 is 39.5. The lowest BCUT2D eigenvalue weighted by Crippen LogP contribution is -2.10. The minimum atomic E-state index is -1.52. The molecule has 0 bridgehead atoms. The summed E-state index contributed by atoms with van der Waals surface area (Å²) >= 11 is 0. The predicted molar refractivity (Wildman–Crippen MR) is 79.6 cm³/mol. The molecule has 0 radical (unpaired) electrons. The van der Waals surface area contributed by atoms with Crippen LogP contribution in [0.15, 0.2) is 36.4 Å². The number of rotatable bonds is 5. The number of carbonyl (C=O) groups excluding carboxylic acids is 1. The maximum atomic E-state index is 13.5. The molecule has 0 saturated carbocycles. The summed E-state index contributed by atoms with van der Waals surface area (Å²) in [5.41, 5.74) is 0.926. The molecular weight excluding hydrogens is 293 g/mol. The van der Waals surface area contributed by atoms with Gasteiger partial charge in [0.15, 0.2) is 17.5 Å². The summed E-state index contributed by atoms with van der Waals surface area (Å²) in [7, 11) is 0. The van der Waals surface area contributed by atoms with Crippen LogP contribution in [0.4, 0.5) is 30.2 Å². The minimum Gasteiger partial charge on any atom is -0.353 e. The molecule has 22 heavy (non-hydrogen) atoms. The van der Waals surface area contributed by atoms with Crippen LogP contribution in [0.3, 0.4) is 0 Å². The molecule has 3 nitrogen and oxygen atoms in total. The Labute approximate surface area is 126 Å². The van der Waals surface area contributed by atoms with E-state index in [4.69, 9.17) is 0 Å². The Bertz CT molecular complexity index is 672. The van der Waals surface area contributed by atoms with Gasteiger partial charge in [0.05, 0.1) is 5.69 Å². The largest absolute Gasteiger partial charge is 0.353 e. The number of carbonyl (C=O) groups is 1. The van der Waals surface area contributed by atoms with Gasteiger partial charge in [0.1, 0.15) is 0 Å². The van der Waals surface area contributed by atoms with E-state index in [9.17, 15) is 18.0 Å². The van der Waals surface area contributed by atoms with Crippen LogP contribution < -0.4 is 10.6 Å². The number of hydrogen-bond acceptors (Lipinski definition) is 2. The van der Waals surface area contributed by atoms with E-state index in [0.717, 1.165) is 18.6 Å². The van der Waals surface area contributed by atoms with Crippen LogP contribution in [0.5, 0.6) is 0 Å². The Balaban J connectivity index is 2.09. The number of halogens is 3. The maximum absolute atomic E-state index is 13.5. The van der Waals surface area contributed by atoms with Crippen LogP contribution in [0.25, 0.3) is 0 Å². The molecule has 0 atom stereocenters. The van der Waals surface area contributed by atoms with E-state index in [1.165, 1.54) is 0 Å². The lowest BCUT2D eigenvalue weighted by molar-refractivity contribution is -0.116. The summed E-state index contributed by atoms with van der Waals surface area (Å²) in [5, 5.41) is 5.36. The molecule has 2 aromatic rings. The standard InChI is InChI=1S/C16H15F3N2O/c1-2-3-14(22)21-11-6-4-10(5-7-11)20-13-9-8-12(17)15(18)16(13)19/h4-9,20H,2-3H2,1H3,(H,21,22). The molecule has 1 amide bonds. The van der Waals surface area contributed by atoms with Crippen molar-refractivity contribution in [3.8, 4) is 0 Å². The van der Waals surface area contributed by atoms with Gasteiger partial charge in [-0.25, -0.2) is 13.2 Å². The van der Waals surface area contributed by atoms with Gasteiger partial charge in [0, 0.05) is 17.8 Å². The molecule has 2 aromatic carbocycles. The lowest BCUT2D eigenvalue weighted by atomic mass is 10.2. The van der Waals surface area contributed by atoms with Crippen molar-refractivity contribution >= 4 is 23.0 Å². The maximum Gasteiger partial charge on any atom is 0.224 e. The first kappa shape index (κ1) is 15.9. The first-order valence-electron chi connectivity index (χ1n) is 6.81. The van der Waals surface area contributed by atoms with Crippen LogP contribution in [-0.4, -0.2) is 5.91 Å². The van der Waals surface area contributed by atoms with Crippen LogP contribution in [0, 0.1) is 17.5 Å². The fourth-order valence-corrected chi connectivity index (χ4v) is 1.87. The van der Waals surface area contributed by atoms with E-state index < -0.39 is 17.5 Å².